The number of para-hydroxylation sites is 1. The summed E-state index contributed by atoms with van der Waals surface area (Å²) in [5.74, 6) is 0.00577. The number of rotatable bonds is 4. The van der Waals surface area contributed by atoms with Gasteiger partial charge in [-0.3, -0.25) is 15.1 Å². The Morgan fingerprint density at radius 2 is 1.54 bits per heavy atom. The zero-order valence-corrected chi connectivity index (χ0v) is 17.7. The summed E-state index contributed by atoms with van der Waals surface area (Å²) in [4.78, 5) is 15.4. The first-order valence-electron chi connectivity index (χ1n) is 8.97. The summed E-state index contributed by atoms with van der Waals surface area (Å²) in [5, 5.41) is 8.53. The van der Waals surface area contributed by atoms with Crippen molar-refractivity contribution in [1.29, 1.82) is 5.41 Å². The van der Waals surface area contributed by atoms with Crippen molar-refractivity contribution in [3.8, 4) is 0 Å². The van der Waals surface area contributed by atoms with Crippen LogP contribution in [-0.4, -0.2) is 16.2 Å². The highest BCUT2D eigenvalue weighted by Crippen LogP contribution is 2.53. The van der Waals surface area contributed by atoms with E-state index in [1.165, 1.54) is 11.8 Å². The lowest BCUT2D eigenvalue weighted by Crippen LogP contribution is -2.46. The first kappa shape index (κ1) is 19.0. The van der Waals surface area contributed by atoms with Crippen LogP contribution in [-0.2, 0) is 4.45 Å². The van der Waals surface area contributed by atoms with E-state index >= 15 is 0 Å². The minimum Gasteiger partial charge on any atom is -0.300 e. The summed E-state index contributed by atoms with van der Waals surface area (Å²) < 4.78 is -0.850. The van der Waals surface area contributed by atoms with Gasteiger partial charge in [-0.2, -0.15) is 0 Å². The summed E-state index contributed by atoms with van der Waals surface area (Å²) in [5.41, 5.74) is 3.63. The molecule has 0 radical (unpaired) electrons. The molecule has 3 nitrogen and oxygen atoms in total. The van der Waals surface area contributed by atoms with Gasteiger partial charge in [-0.05, 0) is 24.6 Å². The molecule has 0 amide bonds. The molecule has 1 N–H and O–H groups in total. The highest BCUT2D eigenvalue weighted by molar-refractivity contribution is 9.10. The highest BCUT2D eigenvalue weighted by Gasteiger charge is 2.55. The molecule has 0 bridgehead atoms. The fourth-order valence-corrected chi connectivity index (χ4v) is 5.91. The zero-order chi connectivity index (χ0) is 19.7. The molecule has 1 saturated heterocycles. The number of benzene rings is 3. The van der Waals surface area contributed by atoms with Gasteiger partial charge in [0.05, 0.1) is 0 Å². The Morgan fingerprint density at radius 3 is 2.14 bits per heavy atom. The van der Waals surface area contributed by atoms with E-state index in [4.69, 9.17) is 5.41 Å². The van der Waals surface area contributed by atoms with Crippen LogP contribution in [0.25, 0.3) is 0 Å². The first-order valence-corrected chi connectivity index (χ1v) is 10.6. The molecule has 0 saturated carbocycles. The summed E-state index contributed by atoms with van der Waals surface area (Å²) in [6.45, 7) is 2.04. The Bertz CT molecular complexity index is 1010. The van der Waals surface area contributed by atoms with Crippen LogP contribution in [0.4, 0.5) is 5.69 Å². The van der Waals surface area contributed by atoms with Crippen LogP contribution in [0.1, 0.15) is 21.5 Å². The van der Waals surface area contributed by atoms with Gasteiger partial charge in [0.15, 0.2) is 11.0 Å². The van der Waals surface area contributed by atoms with E-state index in [0.29, 0.717) is 10.7 Å². The lowest BCUT2D eigenvalue weighted by Gasteiger charge is -2.37. The third kappa shape index (κ3) is 3.19. The number of nitrogens with zero attached hydrogens (tertiary/aromatic N) is 1. The standard InChI is InChI=1S/C23H19BrN2OS/c1-16-12-14-18(15-13-16)23(24)21(20(27)17-8-4-2-5-9-17)28-22(25)26(23)19-10-6-3-7-11-19/h2-15,21,25H,1H3/t21-,23-/m1/s1. The fourth-order valence-electron chi connectivity index (χ4n) is 3.44. The van der Waals surface area contributed by atoms with Crippen molar-refractivity contribution in [2.45, 2.75) is 16.6 Å². The van der Waals surface area contributed by atoms with E-state index in [1.54, 1.807) is 0 Å². The second-order valence-corrected chi connectivity index (χ2v) is 9.05. The quantitative estimate of drug-likeness (QED) is 0.301. The number of carbonyl (C=O) groups is 1. The molecule has 0 aromatic heterocycles. The summed E-state index contributed by atoms with van der Waals surface area (Å²) >= 11 is 5.22. The number of halogens is 1. The molecule has 3 aromatic rings. The number of carbonyl (C=O) groups excluding carboxylic acids is 1. The molecular formula is C23H19BrN2OS. The number of alkyl halides is 1. The molecule has 140 valence electrons. The van der Waals surface area contributed by atoms with E-state index in [9.17, 15) is 4.79 Å². The van der Waals surface area contributed by atoms with Crippen molar-refractivity contribution >= 4 is 44.3 Å². The van der Waals surface area contributed by atoms with Crippen molar-refractivity contribution < 1.29 is 4.79 Å². The predicted molar refractivity (Wildman–Crippen MR) is 121 cm³/mol. The van der Waals surface area contributed by atoms with Crippen LogP contribution in [0.2, 0.25) is 0 Å². The number of anilines is 1. The molecular weight excluding hydrogens is 432 g/mol. The van der Waals surface area contributed by atoms with E-state index in [0.717, 1.165) is 16.8 Å². The number of Topliss-reactive ketones (excluding diaryl/α,β-unsaturated/α-hetero) is 1. The van der Waals surface area contributed by atoms with E-state index in [-0.39, 0.29) is 5.78 Å². The average Bonchev–Trinajstić information content (AvgIpc) is 3.00. The van der Waals surface area contributed by atoms with E-state index in [2.05, 4.69) is 15.9 Å². The van der Waals surface area contributed by atoms with Crippen molar-refractivity contribution in [3.63, 3.8) is 0 Å². The largest absolute Gasteiger partial charge is 0.300 e. The molecule has 1 heterocycles. The molecule has 0 unspecified atom stereocenters. The number of aryl methyl sites for hydroxylation is 1. The van der Waals surface area contributed by atoms with E-state index in [1.807, 2.05) is 96.8 Å². The molecule has 1 aliphatic heterocycles. The maximum atomic E-state index is 13.5. The lowest BCUT2D eigenvalue weighted by atomic mass is 9.95. The second-order valence-electron chi connectivity index (χ2n) is 6.74. The van der Waals surface area contributed by atoms with Gasteiger partial charge in [-0.15, -0.1) is 0 Å². The maximum Gasteiger partial charge on any atom is 0.179 e. The molecule has 0 aliphatic carbocycles. The number of hydrogen-bond donors (Lipinski definition) is 1. The van der Waals surface area contributed by atoms with Crippen LogP contribution >= 0.6 is 27.7 Å². The summed E-state index contributed by atoms with van der Waals surface area (Å²) in [6.07, 6.45) is 0. The Hall–Kier alpha value is -2.37. The van der Waals surface area contributed by atoms with Crippen LogP contribution in [0.15, 0.2) is 84.9 Å². The topological polar surface area (TPSA) is 44.2 Å². The van der Waals surface area contributed by atoms with Gasteiger partial charge >= 0.3 is 0 Å². The number of thioether (sulfide) groups is 1. The van der Waals surface area contributed by atoms with Gasteiger partial charge < -0.3 is 0 Å². The third-order valence-electron chi connectivity index (χ3n) is 4.87. The van der Waals surface area contributed by atoms with E-state index < -0.39 is 9.70 Å². The molecule has 3 aromatic carbocycles. The maximum absolute atomic E-state index is 13.5. The summed E-state index contributed by atoms with van der Waals surface area (Å²) in [7, 11) is 0. The molecule has 2 atom stereocenters. The lowest BCUT2D eigenvalue weighted by molar-refractivity contribution is 0.0979. The van der Waals surface area contributed by atoms with Crippen molar-refractivity contribution in [2.24, 2.45) is 0 Å². The second kappa shape index (κ2) is 7.57. The van der Waals surface area contributed by atoms with Gasteiger partial charge in [-0.25, -0.2) is 0 Å². The SMILES string of the molecule is Cc1ccc([C@]2(Br)[C@@H](C(=O)c3ccccc3)SC(=N)N2c2ccccc2)cc1. The summed E-state index contributed by atoms with van der Waals surface area (Å²) in [6, 6.07) is 27.2. The monoisotopic (exact) mass is 450 g/mol. The van der Waals surface area contributed by atoms with Gasteiger partial charge in [0.25, 0.3) is 0 Å². The number of amidine groups is 1. The normalized spacial score (nSPS) is 21.7. The van der Waals surface area contributed by atoms with Gasteiger partial charge in [0, 0.05) is 11.3 Å². The number of hydrogen-bond acceptors (Lipinski definition) is 3. The molecule has 5 heteroatoms. The fraction of sp³-hybridized carbons (Fsp3) is 0.130. The van der Waals surface area contributed by atoms with Crippen LogP contribution in [0.3, 0.4) is 0 Å². The van der Waals surface area contributed by atoms with Crippen molar-refractivity contribution in [1.82, 2.24) is 0 Å². The Kier molecular flexibility index (Phi) is 5.13. The number of ketones is 1. The Balaban J connectivity index is 1.87. The van der Waals surface area contributed by atoms with Crippen molar-refractivity contribution in [2.75, 3.05) is 4.90 Å². The first-order chi connectivity index (χ1) is 13.5. The van der Waals surface area contributed by atoms with Gasteiger partial charge in [0.1, 0.15) is 9.70 Å². The zero-order valence-electron chi connectivity index (χ0n) is 15.3. The Labute approximate surface area is 177 Å². The smallest absolute Gasteiger partial charge is 0.179 e. The minimum atomic E-state index is -0.850. The minimum absolute atomic E-state index is 0.00577. The average molecular weight is 451 g/mol. The van der Waals surface area contributed by atoms with Crippen LogP contribution in [0, 0.1) is 12.3 Å². The van der Waals surface area contributed by atoms with Crippen LogP contribution in [0.5, 0.6) is 0 Å². The molecule has 0 spiro atoms. The third-order valence-corrected chi connectivity index (χ3v) is 7.64. The molecule has 4 rings (SSSR count). The Morgan fingerprint density at radius 1 is 0.964 bits per heavy atom. The highest BCUT2D eigenvalue weighted by atomic mass is 79.9. The predicted octanol–water partition coefficient (Wildman–Crippen LogP) is 5.98. The van der Waals surface area contributed by atoms with Gasteiger partial charge in [-0.1, -0.05) is 106 Å². The molecule has 1 aliphatic rings. The molecule has 28 heavy (non-hydrogen) atoms. The molecule has 1 fully saturated rings. The van der Waals surface area contributed by atoms with Crippen LogP contribution < -0.4 is 4.90 Å². The van der Waals surface area contributed by atoms with Crippen molar-refractivity contribution in [3.05, 3.63) is 102 Å². The number of nitrogens with one attached hydrogen (secondary N) is 1. The van der Waals surface area contributed by atoms with Gasteiger partial charge in [0.2, 0.25) is 0 Å².